The topological polar surface area (TPSA) is 78.5 Å². The molecule has 6 heteroatoms. The van der Waals surface area contributed by atoms with E-state index in [1.54, 1.807) is 0 Å². The molecule has 2 aliphatic rings. The first kappa shape index (κ1) is 17.5. The number of carbonyl (C=O) groups excluding carboxylic acids is 3. The van der Waals surface area contributed by atoms with Crippen LogP contribution in [0.25, 0.3) is 0 Å². The minimum atomic E-state index is -0.825. The summed E-state index contributed by atoms with van der Waals surface area (Å²) in [5.41, 5.74) is 1.81. The highest BCUT2D eigenvalue weighted by molar-refractivity contribution is 6.10. The molecule has 0 aromatic heterocycles. The Kier molecular flexibility index (Phi) is 4.54. The van der Waals surface area contributed by atoms with Gasteiger partial charge in [0.15, 0.2) is 0 Å². The number of anilines is 1. The quantitative estimate of drug-likeness (QED) is 0.828. The lowest BCUT2D eigenvalue weighted by Crippen LogP contribution is -2.54. The molecule has 6 nitrogen and oxygen atoms in total. The molecule has 0 radical (unpaired) electrons. The summed E-state index contributed by atoms with van der Waals surface area (Å²) in [6.45, 7) is 5.56. The molecular weight excluding hydrogens is 318 g/mol. The van der Waals surface area contributed by atoms with Crippen molar-refractivity contribution in [3.8, 4) is 0 Å². The van der Waals surface area contributed by atoms with E-state index in [1.165, 1.54) is 0 Å². The van der Waals surface area contributed by atoms with E-state index in [1.807, 2.05) is 39.0 Å². The number of urea groups is 1. The van der Waals surface area contributed by atoms with Gasteiger partial charge in [-0.15, -0.1) is 0 Å². The SMILES string of the molecule is Cc1cccc(C)c1NC(=O)CN1C(=O)N[C@@]2(CCCC[C@H]2C)C1=O. The van der Waals surface area contributed by atoms with E-state index in [4.69, 9.17) is 0 Å². The van der Waals surface area contributed by atoms with Crippen LogP contribution in [0.4, 0.5) is 10.5 Å². The zero-order valence-electron chi connectivity index (χ0n) is 15.0. The van der Waals surface area contributed by atoms with Crippen LogP contribution in [0.5, 0.6) is 0 Å². The van der Waals surface area contributed by atoms with Crippen LogP contribution in [-0.4, -0.2) is 34.8 Å². The molecule has 0 unspecified atom stereocenters. The summed E-state index contributed by atoms with van der Waals surface area (Å²) in [6.07, 6.45) is 3.54. The molecule has 1 heterocycles. The van der Waals surface area contributed by atoms with Gasteiger partial charge in [0.2, 0.25) is 5.91 Å². The molecule has 1 spiro atoms. The maximum atomic E-state index is 12.9. The van der Waals surface area contributed by atoms with Gasteiger partial charge in [-0.3, -0.25) is 14.5 Å². The lowest BCUT2D eigenvalue weighted by molar-refractivity contribution is -0.136. The third-order valence-electron chi connectivity index (χ3n) is 5.55. The van der Waals surface area contributed by atoms with Gasteiger partial charge in [-0.05, 0) is 43.7 Å². The lowest BCUT2D eigenvalue weighted by atomic mass is 9.73. The minimum Gasteiger partial charge on any atom is -0.324 e. The van der Waals surface area contributed by atoms with Crippen molar-refractivity contribution in [1.82, 2.24) is 10.2 Å². The Bertz CT molecular complexity index is 710. The van der Waals surface area contributed by atoms with E-state index in [2.05, 4.69) is 10.6 Å². The standard InChI is InChI=1S/C19H25N3O3/c1-12-7-6-8-13(2)16(12)20-15(23)11-22-17(24)19(21-18(22)25)10-5-4-9-14(19)3/h6-8,14H,4-5,9-11H2,1-3H3,(H,20,23)(H,21,25)/t14-,19-/m1/s1. The summed E-state index contributed by atoms with van der Waals surface area (Å²) in [7, 11) is 0. The summed E-state index contributed by atoms with van der Waals surface area (Å²) in [6, 6.07) is 5.28. The van der Waals surface area contributed by atoms with Crippen molar-refractivity contribution in [1.29, 1.82) is 0 Å². The molecule has 1 aliphatic carbocycles. The average Bonchev–Trinajstić information content (AvgIpc) is 2.79. The second kappa shape index (κ2) is 6.50. The second-order valence-corrected chi connectivity index (χ2v) is 7.25. The van der Waals surface area contributed by atoms with Gasteiger partial charge in [0.05, 0.1) is 0 Å². The Morgan fingerprint density at radius 1 is 1.28 bits per heavy atom. The van der Waals surface area contributed by atoms with E-state index in [0.717, 1.165) is 41.0 Å². The maximum Gasteiger partial charge on any atom is 0.325 e. The molecule has 1 aromatic rings. The number of benzene rings is 1. The fourth-order valence-electron chi connectivity index (χ4n) is 3.97. The molecule has 4 amide bonds. The number of nitrogens with one attached hydrogen (secondary N) is 2. The van der Waals surface area contributed by atoms with Gasteiger partial charge in [0.25, 0.3) is 5.91 Å². The first-order valence-corrected chi connectivity index (χ1v) is 8.85. The van der Waals surface area contributed by atoms with Crippen molar-refractivity contribution < 1.29 is 14.4 Å². The molecule has 134 valence electrons. The van der Waals surface area contributed by atoms with Crippen LogP contribution < -0.4 is 10.6 Å². The molecule has 3 rings (SSSR count). The van der Waals surface area contributed by atoms with Crippen LogP contribution in [0.15, 0.2) is 18.2 Å². The van der Waals surface area contributed by atoms with Crippen molar-refractivity contribution in [3.63, 3.8) is 0 Å². The van der Waals surface area contributed by atoms with Crippen molar-refractivity contribution in [2.75, 3.05) is 11.9 Å². The monoisotopic (exact) mass is 343 g/mol. The van der Waals surface area contributed by atoms with Gasteiger partial charge < -0.3 is 10.6 Å². The number of para-hydroxylation sites is 1. The third kappa shape index (κ3) is 3.01. The van der Waals surface area contributed by atoms with Crippen molar-refractivity contribution >= 4 is 23.5 Å². The van der Waals surface area contributed by atoms with Gasteiger partial charge in [-0.2, -0.15) is 0 Å². The van der Waals surface area contributed by atoms with E-state index in [9.17, 15) is 14.4 Å². The predicted octanol–water partition coefficient (Wildman–Crippen LogP) is 2.74. The van der Waals surface area contributed by atoms with E-state index < -0.39 is 11.6 Å². The summed E-state index contributed by atoms with van der Waals surface area (Å²) in [5, 5.41) is 5.70. The highest BCUT2D eigenvalue weighted by Crippen LogP contribution is 2.38. The fraction of sp³-hybridized carbons (Fsp3) is 0.526. The van der Waals surface area contributed by atoms with Crippen LogP contribution >= 0.6 is 0 Å². The molecular formula is C19H25N3O3. The summed E-state index contributed by atoms with van der Waals surface area (Å²) in [4.78, 5) is 38.7. The van der Waals surface area contributed by atoms with E-state index >= 15 is 0 Å². The van der Waals surface area contributed by atoms with Gasteiger partial charge in [0.1, 0.15) is 12.1 Å². The van der Waals surface area contributed by atoms with E-state index in [-0.39, 0.29) is 24.3 Å². The Hall–Kier alpha value is -2.37. The maximum absolute atomic E-state index is 12.9. The van der Waals surface area contributed by atoms with Gasteiger partial charge in [0, 0.05) is 5.69 Å². The van der Waals surface area contributed by atoms with Gasteiger partial charge in [-0.1, -0.05) is 38.0 Å². The Morgan fingerprint density at radius 2 is 1.96 bits per heavy atom. The lowest BCUT2D eigenvalue weighted by Gasteiger charge is -2.36. The smallest absolute Gasteiger partial charge is 0.324 e. The van der Waals surface area contributed by atoms with Crippen LogP contribution in [0, 0.1) is 19.8 Å². The highest BCUT2D eigenvalue weighted by atomic mass is 16.2. The molecule has 0 bridgehead atoms. The number of hydrogen-bond donors (Lipinski definition) is 2. The Morgan fingerprint density at radius 3 is 2.60 bits per heavy atom. The van der Waals surface area contributed by atoms with Crippen molar-refractivity contribution in [2.24, 2.45) is 5.92 Å². The molecule has 2 N–H and O–H groups in total. The largest absolute Gasteiger partial charge is 0.325 e. The summed E-state index contributed by atoms with van der Waals surface area (Å²) >= 11 is 0. The molecule has 2 fully saturated rings. The molecule has 1 aliphatic heterocycles. The number of nitrogens with zero attached hydrogens (tertiary/aromatic N) is 1. The highest BCUT2D eigenvalue weighted by Gasteiger charge is 2.55. The van der Waals surface area contributed by atoms with Crippen LogP contribution in [0.2, 0.25) is 0 Å². The number of carbonyl (C=O) groups is 3. The zero-order chi connectivity index (χ0) is 18.2. The average molecular weight is 343 g/mol. The van der Waals surface area contributed by atoms with Crippen LogP contribution in [-0.2, 0) is 9.59 Å². The van der Waals surface area contributed by atoms with Crippen LogP contribution in [0.1, 0.15) is 43.7 Å². The number of hydrogen-bond acceptors (Lipinski definition) is 3. The minimum absolute atomic E-state index is 0.0874. The Labute approximate surface area is 148 Å². The van der Waals surface area contributed by atoms with Gasteiger partial charge >= 0.3 is 6.03 Å². The van der Waals surface area contributed by atoms with Gasteiger partial charge in [-0.25, -0.2) is 4.79 Å². The van der Waals surface area contributed by atoms with E-state index in [0.29, 0.717) is 6.42 Å². The number of rotatable bonds is 3. The number of aryl methyl sites for hydroxylation is 2. The number of amides is 4. The molecule has 2 atom stereocenters. The molecule has 1 saturated heterocycles. The van der Waals surface area contributed by atoms with Crippen LogP contribution in [0.3, 0.4) is 0 Å². The van der Waals surface area contributed by atoms with Crippen molar-refractivity contribution in [3.05, 3.63) is 29.3 Å². The first-order valence-electron chi connectivity index (χ1n) is 8.85. The third-order valence-corrected chi connectivity index (χ3v) is 5.55. The number of imide groups is 1. The fourth-order valence-corrected chi connectivity index (χ4v) is 3.97. The molecule has 25 heavy (non-hydrogen) atoms. The summed E-state index contributed by atoms with van der Waals surface area (Å²) < 4.78 is 0. The zero-order valence-corrected chi connectivity index (χ0v) is 15.0. The van der Waals surface area contributed by atoms with Crippen molar-refractivity contribution in [2.45, 2.75) is 52.0 Å². The molecule has 1 aromatic carbocycles. The predicted molar refractivity (Wildman–Crippen MR) is 95.2 cm³/mol. The molecule has 1 saturated carbocycles. The Balaban J connectivity index is 1.73. The summed E-state index contributed by atoms with van der Waals surface area (Å²) in [5.74, 6) is -0.535. The second-order valence-electron chi connectivity index (χ2n) is 7.25. The first-order chi connectivity index (χ1) is 11.8. The normalized spacial score (nSPS) is 26.0.